The highest BCUT2D eigenvalue weighted by Crippen LogP contribution is 2.27. The summed E-state index contributed by atoms with van der Waals surface area (Å²) >= 11 is 0. The fourth-order valence-electron chi connectivity index (χ4n) is 2.61. The molecule has 0 unspecified atom stereocenters. The lowest BCUT2D eigenvalue weighted by Gasteiger charge is -2.10. The Hall–Kier alpha value is -3.02. The highest BCUT2D eigenvalue weighted by atomic mass is 16.5. The van der Waals surface area contributed by atoms with Gasteiger partial charge in [-0.15, -0.1) is 0 Å². The number of hydrogen-bond acceptors (Lipinski definition) is 5. The molecule has 0 atom stereocenters. The number of nitrogens with one attached hydrogen (secondary N) is 1. The van der Waals surface area contributed by atoms with Gasteiger partial charge in [0.15, 0.2) is 17.3 Å². The summed E-state index contributed by atoms with van der Waals surface area (Å²) in [5.41, 5.74) is 1.54. The summed E-state index contributed by atoms with van der Waals surface area (Å²) in [6, 6.07) is 12.5. The van der Waals surface area contributed by atoms with Gasteiger partial charge in [-0.1, -0.05) is 6.07 Å². The Morgan fingerprint density at radius 1 is 0.852 bits per heavy atom. The van der Waals surface area contributed by atoms with Crippen LogP contribution in [0.15, 0.2) is 42.5 Å². The summed E-state index contributed by atoms with van der Waals surface area (Å²) in [5.74, 6) is 1.90. The van der Waals surface area contributed by atoms with E-state index in [1.165, 1.54) is 0 Å². The van der Waals surface area contributed by atoms with Gasteiger partial charge in [0.05, 0.1) is 21.3 Å². The normalized spacial score (nSPS) is 10.2. The number of methoxy groups -OCH3 is 3. The van der Waals surface area contributed by atoms with Gasteiger partial charge in [0.1, 0.15) is 5.75 Å². The predicted octanol–water partition coefficient (Wildman–Crippen LogP) is 3.38. The van der Waals surface area contributed by atoms with Crippen LogP contribution in [0.25, 0.3) is 0 Å². The van der Waals surface area contributed by atoms with Crippen LogP contribution >= 0.6 is 0 Å². The van der Waals surface area contributed by atoms with Crippen molar-refractivity contribution in [1.29, 1.82) is 0 Å². The van der Waals surface area contributed by atoms with Crippen LogP contribution in [0, 0.1) is 0 Å². The van der Waals surface area contributed by atoms with Crippen LogP contribution in [0.5, 0.6) is 17.2 Å². The number of rotatable bonds is 10. The summed E-state index contributed by atoms with van der Waals surface area (Å²) in [5, 5.41) is 2.85. The summed E-state index contributed by atoms with van der Waals surface area (Å²) in [6.07, 6.45) is 1.13. The van der Waals surface area contributed by atoms with E-state index in [-0.39, 0.29) is 11.7 Å². The second-order valence-corrected chi connectivity index (χ2v) is 5.97. The zero-order valence-corrected chi connectivity index (χ0v) is 15.9. The lowest BCUT2D eigenvalue weighted by molar-refractivity contribution is -0.121. The van der Waals surface area contributed by atoms with Crippen molar-refractivity contribution in [2.45, 2.75) is 25.8 Å². The molecule has 0 heterocycles. The molecule has 0 radical (unpaired) electrons. The van der Waals surface area contributed by atoms with Gasteiger partial charge in [0.25, 0.3) is 0 Å². The quantitative estimate of drug-likeness (QED) is 0.648. The van der Waals surface area contributed by atoms with E-state index in [0.717, 1.165) is 5.56 Å². The van der Waals surface area contributed by atoms with Crippen LogP contribution in [0.3, 0.4) is 0 Å². The summed E-state index contributed by atoms with van der Waals surface area (Å²) < 4.78 is 15.5. The number of ketones is 1. The van der Waals surface area contributed by atoms with Gasteiger partial charge in [-0.05, 0) is 48.4 Å². The first-order chi connectivity index (χ1) is 13.1. The minimum atomic E-state index is -0.0904. The molecule has 27 heavy (non-hydrogen) atoms. The van der Waals surface area contributed by atoms with E-state index in [9.17, 15) is 9.59 Å². The van der Waals surface area contributed by atoms with Crippen molar-refractivity contribution in [2.75, 3.05) is 21.3 Å². The van der Waals surface area contributed by atoms with Gasteiger partial charge in [-0.2, -0.15) is 0 Å². The number of Topliss-reactive ketones (excluding diaryl/α,β-unsaturated/α-hetero) is 1. The molecule has 0 saturated carbocycles. The van der Waals surface area contributed by atoms with Gasteiger partial charge >= 0.3 is 0 Å². The Morgan fingerprint density at radius 2 is 1.56 bits per heavy atom. The van der Waals surface area contributed by atoms with Gasteiger partial charge in [-0.3, -0.25) is 9.59 Å². The highest BCUT2D eigenvalue weighted by Gasteiger charge is 2.09. The van der Waals surface area contributed by atoms with Crippen LogP contribution in [-0.4, -0.2) is 33.0 Å². The Kier molecular flexibility index (Phi) is 7.67. The third kappa shape index (κ3) is 6.02. The van der Waals surface area contributed by atoms with Gasteiger partial charge < -0.3 is 19.5 Å². The van der Waals surface area contributed by atoms with Crippen LogP contribution in [0.1, 0.15) is 35.2 Å². The number of amides is 1. The topological polar surface area (TPSA) is 73.9 Å². The maximum Gasteiger partial charge on any atom is 0.220 e. The summed E-state index contributed by atoms with van der Waals surface area (Å²) in [6.45, 7) is 0.394. The van der Waals surface area contributed by atoms with Crippen molar-refractivity contribution in [1.82, 2.24) is 5.32 Å². The van der Waals surface area contributed by atoms with Crippen molar-refractivity contribution in [3.05, 3.63) is 53.6 Å². The third-order valence-corrected chi connectivity index (χ3v) is 4.16. The van der Waals surface area contributed by atoms with Crippen molar-refractivity contribution in [3.8, 4) is 17.2 Å². The number of benzene rings is 2. The largest absolute Gasteiger partial charge is 0.497 e. The van der Waals surface area contributed by atoms with Crippen molar-refractivity contribution >= 4 is 11.7 Å². The first-order valence-corrected chi connectivity index (χ1v) is 8.72. The van der Waals surface area contributed by atoms with Crippen LogP contribution in [-0.2, 0) is 11.3 Å². The molecule has 0 aromatic heterocycles. The Balaban J connectivity index is 1.75. The summed E-state index contributed by atoms with van der Waals surface area (Å²) in [4.78, 5) is 24.1. The van der Waals surface area contributed by atoms with Gasteiger partial charge in [0, 0.05) is 24.9 Å². The lowest BCUT2D eigenvalue weighted by Crippen LogP contribution is -2.22. The standard InChI is InChI=1S/C21H25NO5/c1-25-17-10-8-16(9-11-17)18(23)5-4-6-21(24)22-14-15-7-12-19(26-2)20(13-15)27-3/h7-13H,4-6,14H2,1-3H3,(H,22,24). The van der Waals surface area contributed by atoms with Crippen molar-refractivity contribution < 1.29 is 23.8 Å². The molecule has 0 aliphatic rings. The molecule has 1 amide bonds. The van der Waals surface area contributed by atoms with E-state index < -0.39 is 0 Å². The minimum Gasteiger partial charge on any atom is -0.497 e. The van der Waals surface area contributed by atoms with Crippen molar-refractivity contribution in [2.24, 2.45) is 0 Å². The van der Waals surface area contributed by atoms with E-state index >= 15 is 0 Å². The number of ether oxygens (including phenoxy) is 3. The van der Waals surface area contributed by atoms with Crippen LogP contribution < -0.4 is 19.5 Å². The molecule has 144 valence electrons. The summed E-state index contributed by atoms with van der Waals surface area (Å²) in [7, 11) is 4.73. The van der Waals surface area contributed by atoms with Gasteiger partial charge in [-0.25, -0.2) is 0 Å². The maximum atomic E-state index is 12.1. The molecule has 0 aliphatic carbocycles. The molecule has 0 spiro atoms. The zero-order chi connectivity index (χ0) is 19.6. The molecular formula is C21H25NO5. The average Bonchev–Trinajstić information content (AvgIpc) is 2.71. The number of hydrogen-bond donors (Lipinski definition) is 1. The average molecular weight is 371 g/mol. The highest BCUT2D eigenvalue weighted by molar-refractivity contribution is 5.96. The first-order valence-electron chi connectivity index (χ1n) is 8.72. The van der Waals surface area contributed by atoms with Gasteiger partial charge in [0.2, 0.25) is 5.91 Å². The predicted molar refractivity (Wildman–Crippen MR) is 103 cm³/mol. The monoisotopic (exact) mass is 371 g/mol. The van der Waals surface area contributed by atoms with E-state index in [1.807, 2.05) is 12.1 Å². The van der Waals surface area contributed by atoms with Crippen LogP contribution in [0.4, 0.5) is 0 Å². The van der Waals surface area contributed by atoms with E-state index in [2.05, 4.69) is 5.32 Å². The molecule has 0 fully saturated rings. The first kappa shape index (κ1) is 20.3. The van der Waals surface area contributed by atoms with E-state index in [0.29, 0.717) is 48.6 Å². The molecule has 0 bridgehead atoms. The fourth-order valence-corrected chi connectivity index (χ4v) is 2.61. The van der Waals surface area contributed by atoms with Crippen molar-refractivity contribution in [3.63, 3.8) is 0 Å². The van der Waals surface area contributed by atoms with E-state index in [4.69, 9.17) is 14.2 Å². The number of carbonyl (C=O) groups excluding carboxylic acids is 2. The Bertz CT molecular complexity index is 771. The maximum absolute atomic E-state index is 12.1. The Labute approximate surface area is 159 Å². The Morgan fingerprint density at radius 3 is 2.19 bits per heavy atom. The van der Waals surface area contributed by atoms with Crippen LogP contribution in [0.2, 0.25) is 0 Å². The molecule has 6 nitrogen and oxygen atoms in total. The third-order valence-electron chi connectivity index (χ3n) is 4.16. The fraction of sp³-hybridized carbons (Fsp3) is 0.333. The molecule has 2 aromatic rings. The second kappa shape index (κ2) is 10.2. The molecular weight excluding hydrogens is 346 g/mol. The molecule has 1 N–H and O–H groups in total. The molecule has 0 aliphatic heterocycles. The molecule has 2 rings (SSSR count). The minimum absolute atomic E-state index is 0.0188. The molecule has 0 saturated heterocycles. The number of carbonyl (C=O) groups is 2. The molecule has 6 heteroatoms. The zero-order valence-electron chi connectivity index (χ0n) is 15.9. The molecule has 2 aromatic carbocycles. The second-order valence-electron chi connectivity index (χ2n) is 5.97. The lowest BCUT2D eigenvalue weighted by atomic mass is 10.1. The smallest absolute Gasteiger partial charge is 0.220 e. The van der Waals surface area contributed by atoms with E-state index in [1.54, 1.807) is 51.7 Å². The SMILES string of the molecule is COc1ccc(C(=O)CCCC(=O)NCc2ccc(OC)c(OC)c2)cc1.